The Labute approximate surface area is 169 Å². The topological polar surface area (TPSA) is 78.9 Å². The Morgan fingerprint density at radius 3 is 2.46 bits per heavy atom. The molecule has 0 spiro atoms. The highest BCUT2D eigenvalue weighted by Crippen LogP contribution is 2.20. The molecule has 1 heterocycles. The van der Waals surface area contributed by atoms with Gasteiger partial charge in [0, 0.05) is 34.7 Å². The molecule has 3 rings (SSSR count). The molecule has 0 unspecified atom stereocenters. The van der Waals surface area contributed by atoms with Gasteiger partial charge >= 0.3 is 0 Å². The van der Waals surface area contributed by atoms with Crippen LogP contribution in [0, 0.1) is 6.92 Å². The normalized spacial score (nSPS) is 10.4. The minimum absolute atomic E-state index is 0.115. The molecular formula is C21H22ClN5O. The molecule has 144 valence electrons. The van der Waals surface area contributed by atoms with Crippen LogP contribution < -0.4 is 16.0 Å². The molecule has 0 fully saturated rings. The number of aromatic nitrogens is 2. The van der Waals surface area contributed by atoms with Gasteiger partial charge in [-0.2, -0.15) is 4.98 Å². The molecule has 7 heteroatoms. The number of benzene rings is 2. The molecule has 1 aromatic heterocycles. The van der Waals surface area contributed by atoms with Crippen molar-refractivity contribution in [1.29, 1.82) is 0 Å². The first-order valence-corrected chi connectivity index (χ1v) is 9.41. The molecule has 2 aromatic carbocycles. The lowest BCUT2D eigenvalue weighted by molar-refractivity contribution is -0.115. The average molecular weight is 396 g/mol. The summed E-state index contributed by atoms with van der Waals surface area (Å²) >= 11 is 6.11. The SMILES string of the molecule is CCNc1nc(C)cc(Nc2ccc(NC(=O)Cc3ccccc3Cl)cc2)n1. The number of nitrogens with one attached hydrogen (secondary N) is 3. The Morgan fingerprint density at radius 1 is 1.04 bits per heavy atom. The van der Waals surface area contributed by atoms with Crippen LogP contribution in [-0.4, -0.2) is 22.4 Å². The van der Waals surface area contributed by atoms with Gasteiger partial charge in [-0.05, 0) is 49.7 Å². The summed E-state index contributed by atoms with van der Waals surface area (Å²) in [6.45, 7) is 4.67. The zero-order valence-electron chi connectivity index (χ0n) is 15.8. The maximum atomic E-state index is 12.2. The first-order valence-electron chi connectivity index (χ1n) is 9.03. The molecule has 0 saturated heterocycles. The third-order valence-electron chi connectivity index (χ3n) is 3.94. The maximum absolute atomic E-state index is 12.2. The maximum Gasteiger partial charge on any atom is 0.228 e. The Hall–Kier alpha value is -3.12. The van der Waals surface area contributed by atoms with E-state index in [-0.39, 0.29) is 12.3 Å². The molecule has 0 bridgehead atoms. The van der Waals surface area contributed by atoms with Gasteiger partial charge in [0.1, 0.15) is 5.82 Å². The summed E-state index contributed by atoms with van der Waals surface area (Å²) in [4.78, 5) is 21.0. The van der Waals surface area contributed by atoms with E-state index >= 15 is 0 Å². The van der Waals surface area contributed by atoms with Gasteiger partial charge in [-0.1, -0.05) is 29.8 Å². The van der Waals surface area contributed by atoms with E-state index in [1.807, 2.05) is 62.4 Å². The number of halogens is 1. The minimum Gasteiger partial charge on any atom is -0.354 e. The average Bonchev–Trinajstić information content (AvgIpc) is 2.65. The number of nitrogens with zero attached hydrogens (tertiary/aromatic N) is 2. The van der Waals surface area contributed by atoms with Gasteiger partial charge in [-0.25, -0.2) is 4.98 Å². The molecule has 0 aliphatic carbocycles. The van der Waals surface area contributed by atoms with E-state index in [2.05, 4.69) is 25.9 Å². The van der Waals surface area contributed by atoms with Gasteiger partial charge < -0.3 is 16.0 Å². The summed E-state index contributed by atoms with van der Waals surface area (Å²) in [6.07, 6.45) is 0.229. The van der Waals surface area contributed by atoms with Crippen molar-refractivity contribution < 1.29 is 4.79 Å². The molecular weight excluding hydrogens is 374 g/mol. The van der Waals surface area contributed by atoms with E-state index in [1.54, 1.807) is 6.07 Å². The molecule has 1 amide bonds. The van der Waals surface area contributed by atoms with Gasteiger partial charge in [0.15, 0.2) is 0 Å². The fourth-order valence-corrected chi connectivity index (χ4v) is 2.88. The molecule has 0 atom stereocenters. The Balaban J connectivity index is 1.62. The highest BCUT2D eigenvalue weighted by Gasteiger charge is 2.07. The number of carbonyl (C=O) groups is 1. The highest BCUT2D eigenvalue weighted by molar-refractivity contribution is 6.31. The highest BCUT2D eigenvalue weighted by atomic mass is 35.5. The second-order valence-electron chi connectivity index (χ2n) is 6.27. The monoisotopic (exact) mass is 395 g/mol. The van der Waals surface area contributed by atoms with Crippen molar-refractivity contribution in [3.8, 4) is 0 Å². The first kappa shape index (κ1) is 19.6. The zero-order chi connectivity index (χ0) is 19.9. The Kier molecular flexibility index (Phi) is 6.45. The lowest BCUT2D eigenvalue weighted by Crippen LogP contribution is -2.14. The predicted molar refractivity (Wildman–Crippen MR) is 114 cm³/mol. The third-order valence-corrected chi connectivity index (χ3v) is 4.31. The van der Waals surface area contributed by atoms with Crippen LogP contribution in [0.25, 0.3) is 0 Å². The molecule has 3 N–H and O–H groups in total. The first-order chi connectivity index (χ1) is 13.5. The van der Waals surface area contributed by atoms with Crippen LogP contribution in [0.4, 0.5) is 23.1 Å². The van der Waals surface area contributed by atoms with Crippen molar-refractivity contribution in [1.82, 2.24) is 9.97 Å². The summed E-state index contributed by atoms with van der Waals surface area (Å²) in [5.74, 6) is 1.18. The van der Waals surface area contributed by atoms with E-state index in [9.17, 15) is 4.79 Å². The number of hydrogen-bond acceptors (Lipinski definition) is 5. The largest absolute Gasteiger partial charge is 0.354 e. The number of carbonyl (C=O) groups excluding carboxylic acids is 1. The third kappa shape index (κ3) is 5.44. The van der Waals surface area contributed by atoms with Crippen molar-refractivity contribution in [2.24, 2.45) is 0 Å². The lowest BCUT2D eigenvalue weighted by Gasteiger charge is -2.10. The number of rotatable bonds is 7. The minimum atomic E-state index is -0.115. The smallest absolute Gasteiger partial charge is 0.228 e. The fourth-order valence-electron chi connectivity index (χ4n) is 2.67. The summed E-state index contributed by atoms with van der Waals surface area (Å²) in [5.41, 5.74) is 3.26. The van der Waals surface area contributed by atoms with Crippen molar-refractivity contribution in [3.63, 3.8) is 0 Å². The number of hydrogen-bond donors (Lipinski definition) is 3. The molecule has 0 aliphatic rings. The predicted octanol–water partition coefficient (Wildman–Crippen LogP) is 4.80. The fraction of sp³-hybridized carbons (Fsp3) is 0.190. The number of amides is 1. The van der Waals surface area contributed by atoms with Crippen molar-refractivity contribution in [3.05, 3.63) is 70.9 Å². The van der Waals surface area contributed by atoms with Crippen molar-refractivity contribution >= 4 is 40.6 Å². The standard InChI is InChI=1S/C21H22ClN5O/c1-3-23-21-24-14(2)12-19(27-21)25-16-8-10-17(11-9-16)26-20(28)13-15-6-4-5-7-18(15)22/h4-12H,3,13H2,1-2H3,(H,26,28)(H2,23,24,25,27). The van der Waals surface area contributed by atoms with Crippen LogP contribution >= 0.6 is 11.6 Å². The summed E-state index contributed by atoms with van der Waals surface area (Å²) in [5, 5.41) is 9.83. The summed E-state index contributed by atoms with van der Waals surface area (Å²) in [7, 11) is 0. The summed E-state index contributed by atoms with van der Waals surface area (Å²) in [6, 6.07) is 16.7. The van der Waals surface area contributed by atoms with Crippen LogP contribution in [0.2, 0.25) is 5.02 Å². The molecule has 0 radical (unpaired) electrons. The van der Waals surface area contributed by atoms with Gasteiger partial charge in [-0.3, -0.25) is 4.79 Å². The van der Waals surface area contributed by atoms with Crippen molar-refractivity contribution in [2.45, 2.75) is 20.3 Å². The van der Waals surface area contributed by atoms with E-state index in [1.165, 1.54) is 0 Å². The van der Waals surface area contributed by atoms with Gasteiger partial charge in [0.05, 0.1) is 6.42 Å². The van der Waals surface area contributed by atoms with Gasteiger partial charge in [0.25, 0.3) is 0 Å². The molecule has 0 saturated carbocycles. The lowest BCUT2D eigenvalue weighted by atomic mass is 10.1. The van der Waals surface area contributed by atoms with Gasteiger partial charge in [0.2, 0.25) is 11.9 Å². The zero-order valence-corrected chi connectivity index (χ0v) is 16.5. The van der Waals surface area contributed by atoms with Crippen LogP contribution in [0.1, 0.15) is 18.2 Å². The van der Waals surface area contributed by atoms with E-state index in [4.69, 9.17) is 11.6 Å². The van der Waals surface area contributed by atoms with Crippen LogP contribution in [-0.2, 0) is 11.2 Å². The molecule has 3 aromatic rings. The van der Waals surface area contributed by atoms with E-state index in [0.717, 1.165) is 29.2 Å². The molecule has 6 nitrogen and oxygen atoms in total. The van der Waals surface area contributed by atoms with Crippen LogP contribution in [0.5, 0.6) is 0 Å². The second kappa shape index (κ2) is 9.19. The van der Waals surface area contributed by atoms with E-state index < -0.39 is 0 Å². The summed E-state index contributed by atoms with van der Waals surface area (Å²) < 4.78 is 0. The number of aryl methyl sites for hydroxylation is 1. The van der Waals surface area contributed by atoms with Gasteiger partial charge in [-0.15, -0.1) is 0 Å². The van der Waals surface area contributed by atoms with Crippen LogP contribution in [0.15, 0.2) is 54.6 Å². The number of anilines is 4. The molecule has 28 heavy (non-hydrogen) atoms. The molecule has 0 aliphatic heterocycles. The Morgan fingerprint density at radius 2 is 1.75 bits per heavy atom. The van der Waals surface area contributed by atoms with E-state index in [0.29, 0.717) is 16.8 Å². The quantitative estimate of drug-likeness (QED) is 0.535. The second-order valence-corrected chi connectivity index (χ2v) is 6.67. The Bertz CT molecular complexity index is 959. The van der Waals surface area contributed by atoms with Crippen LogP contribution in [0.3, 0.4) is 0 Å². The van der Waals surface area contributed by atoms with Crippen molar-refractivity contribution in [2.75, 3.05) is 22.5 Å².